The molecule has 101 valence electrons. The highest BCUT2D eigenvalue weighted by molar-refractivity contribution is 6.67. The van der Waals surface area contributed by atoms with Gasteiger partial charge in [-0.05, 0) is 18.4 Å². The van der Waals surface area contributed by atoms with Gasteiger partial charge in [0, 0.05) is 11.1 Å². The molecule has 0 aliphatic carbocycles. The summed E-state index contributed by atoms with van der Waals surface area (Å²) in [5.41, 5.74) is 1.72. The van der Waals surface area contributed by atoms with Gasteiger partial charge < -0.3 is 0 Å². The molecule has 1 radical (unpaired) electrons. The van der Waals surface area contributed by atoms with Crippen molar-refractivity contribution in [1.29, 1.82) is 0 Å². The number of hydrogen-bond acceptors (Lipinski definition) is 0. The van der Waals surface area contributed by atoms with Crippen LogP contribution >= 0.6 is 69.6 Å². The molecule has 0 heterocycles. The summed E-state index contributed by atoms with van der Waals surface area (Å²) in [5.74, 6) is 0. The van der Waals surface area contributed by atoms with Gasteiger partial charge in [0.2, 0.25) is 7.59 Å². The minimum Gasteiger partial charge on any atom is -0.0784 e. The van der Waals surface area contributed by atoms with Gasteiger partial charge in [0.15, 0.2) is 0 Å². The molecule has 0 bridgehead atoms. The molecule has 0 amide bonds. The Balaban J connectivity index is 3.35. The fourth-order valence-corrected chi connectivity index (χ4v) is 2.56. The van der Waals surface area contributed by atoms with Gasteiger partial charge in [-0.1, -0.05) is 101 Å². The second-order valence-electron chi connectivity index (χ2n) is 3.76. The molecule has 0 N–H and O–H groups in total. The van der Waals surface area contributed by atoms with E-state index in [4.69, 9.17) is 69.6 Å². The fourth-order valence-electron chi connectivity index (χ4n) is 1.57. The highest BCUT2D eigenvalue weighted by Gasteiger charge is 2.32. The van der Waals surface area contributed by atoms with Crippen molar-refractivity contribution >= 4 is 69.6 Å². The van der Waals surface area contributed by atoms with Crippen LogP contribution in [0.25, 0.3) is 0 Å². The maximum absolute atomic E-state index is 5.95. The first-order valence-corrected chi connectivity index (χ1v) is 7.55. The number of rotatable bonds is 3. The molecule has 0 fully saturated rings. The normalized spacial score (nSPS) is 12.8. The standard InChI is InChI=1S/C12H11Cl6/c1-2-3-5-8-9(11(13,14)15)6-4-7-10(8)12(16,17)18/h4-7H,2-3H2,1H3. The van der Waals surface area contributed by atoms with E-state index in [1.165, 1.54) is 0 Å². The van der Waals surface area contributed by atoms with Crippen LogP contribution in [0.15, 0.2) is 18.2 Å². The first-order valence-electron chi connectivity index (χ1n) is 5.28. The Hall–Kier alpha value is 0.960. The van der Waals surface area contributed by atoms with Crippen LogP contribution in [0.4, 0.5) is 0 Å². The molecule has 1 rings (SSSR count). The van der Waals surface area contributed by atoms with Crippen molar-refractivity contribution < 1.29 is 0 Å². The first kappa shape index (κ1) is 17.0. The third-order valence-electron chi connectivity index (χ3n) is 2.35. The van der Waals surface area contributed by atoms with E-state index in [9.17, 15) is 0 Å². The zero-order chi connectivity index (χ0) is 14.0. The van der Waals surface area contributed by atoms with Crippen molar-refractivity contribution in [2.45, 2.75) is 27.4 Å². The van der Waals surface area contributed by atoms with Crippen LogP contribution < -0.4 is 0 Å². The molecule has 0 saturated heterocycles. The largest absolute Gasteiger partial charge is 0.216 e. The maximum atomic E-state index is 5.95. The number of hydrogen-bond donors (Lipinski definition) is 0. The second-order valence-corrected chi connectivity index (χ2v) is 8.32. The number of unbranched alkanes of at least 4 members (excludes halogenated alkanes) is 1. The zero-order valence-electron chi connectivity index (χ0n) is 9.49. The van der Waals surface area contributed by atoms with E-state index in [2.05, 4.69) is 0 Å². The van der Waals surface area contributed by atoms with Crippen LogP contribution in [0.3, 0.4) is 0 Å². The molecule has 6 heteroatoms. The Labute approximate surface area is 137 Å². The van der Waals surface area contributed by atoms with Crippen molar-refractivity contribution in [1.82, 2.24) is 0 Å². The number of benzene rings is 1. The van der Waals surface area contributed by atoms with Crippen molar-refractivity contribution in [2.75, 3.05) is 0 Å². The number of alkyl halides is 6. The Morgan fingerprint density at radius 1 is 0.944 bits per heavy atom. The Morgan fingerprint density at radius 3 is 1.72 bits per heavy atom. The summed E-state index contributed by atoms with van der Waals surface area (Å²) in [5, 5.41) is 0. The van der Waals surface area contributed by atoms with E-state index in [1.54, 1.807) is 18.2 Å². The van der Waals surface area contributed by atoms with Gasteiger partial charge in [0.05, 0.1) is 0 Å². The average molecular weight is 368 g/mol. The lowest BCUT2D eigenvalue weighted by molar-refractivity contribution is 0.901. The first-order chi connectivity index (χ1) is 8.18. The molecule has 1 aromatic rings. The minimum atomic E-state index is -1.55. The monoisotopic (exact) mass is 365 g/mol. The van der Waals surface area contributed by atoms with Crippen LogP contribution in [0.1, 0.15) is 36.5 Å². The molecule has 0 spiro atoms. The van der Waals surface area contributed by atoms with Gasteiger partial charge in [0.25, 0.3) is 0 Å². The van der Waals surface area contributed by atoms with E-state index in [1.807, 2.05) is 13.3 Å². The van der Waals surface area contributed by atoms with E-state index in [0.29, 0.717) is 16.7 Å². The summed E-state index contributed by atoms with van der Waals surface area (Å²) < 4.78 is -3.10. The Kier molecular flexibility index (Phi) is 6.25. The molecule has 0 saturated carbocycles. The van der Waals surface area contributed by atoms with Gasteiger partial charge in [-0.2, -0.15) is 0 Å². The van der Waals surface area contributed by atoms with Crippen LogP contribution in [0.5, 0.6) is 0 Å². The highest BCUT2D eigenvalue weighted by atomic mass is 35.6. The van der Waals surface area contributed by atoms with E-state index in [-0.39, 0.29) is 0 Å². The van der Waals surface area contributed by atoms with E-state index < -0.39 is 7.59 Å². The Bertz CT molecular complexity index is 370. The highest BCUT2D eigenvalue weighted by Crippen LogP contribution is 2.47. The lowest BCUT2D eigenvalue weighted by atomic mass is 9.97. The smallest absolute Gasteiger partial charge is 0.0784 e. The summed E-state index contributed by atoms with van der Waals surface area (Å²) in [6.07, 6.45) is 3.69. The fraction of sp³-hybridized carbons (Fsp3) is 0.417. The van der Waals surface area contributed by atoms with Crippen molar-refractivity contribution in [2.24, 2.45) is 0 Å². The predicted octanol–water partition coefficient (Wildman–Crippen LogP) is 6.69. The summed E-state index contributed by atoms with van der Waals surface area (Å²) in [6, 6.07) is 5.14. The molecular weight excluding hydrogens is 357 g/mol. The molecule has 0 aromatic heterocycles. The molecule has 0 aliphatic heterocycles. The summed E-state index contributed by atoms with van der Waals surface area (Å²) >= 11 is 35.7. The van der Waals surface area contributed by atoms with Crippen LogP contribution in [-0.4, -0.2) is 0 Å². The maximum Gasteiger partial charge on any atom is 0.216 e. The molecule has 0 atom stereocenters. The van der Waals surface area contributed by atoms with Crippen LogP contribution in [0, 0.1) is 6.42 Å². The molecule has 18 heavy (non-hydrogen) atoms. The topological polar surface area (TPSA) is 0 Å². The van der Waals surface area contributed by atoms with E-state index in [0.717, 1.165) is 12.8 Å². The van der Waals surface area contributed by atoms with Crippen LogP contribution in [-0.2, 0) is 7.59 Å². The quantitative estimate of drug-likeness (QED) is 0.522. The summed E-state index contributed by atoms with van der Waals surface area (Å²) in [4.78, 5) is 0. The third-order valence-corrected chi connectivity index (χ3v) is 3.58. The molecule has 0 unspecified atom stereocenters. The van der Waals surface area contributed by atoms with E-state index >= 15 is 0 Å². The average Bonchev–Trinajstić information content (AvgIpc) is 2.23. The predicted molar refractivity (Wildman–Crippen MR) is 83.2 cm³/mol. The SMILES string of the molecule is CCC[CH]c1c(C(Cl)(Cl)Cl)cccc1C(Cl)(Cl)Cl. The summed E-state index contributed by atoms with van der Waals surface area (Å²) in [7, 11) is 0. The zero-order valence-corrected chi connectivity index (χ0v) is 14.0. The van der Waals surface area contributed by atoms with Gasteiger partial charge in [-0.25, -0.2) is 0 Å². The van der Waals surface area contributed by atoms with Gasteiger partial charge in [-0.15, -0.1) is 0 Å². The van der Waals surface area contributed by atoms with Crippen molar-refractivity contribution in [3.05, 3.63) is 41.3 Å². The minimum absolute atomic E-state index is 0.518. The molecule has 0 nitrogen and oxygen atoms in total. The van der Waals surface area contributed by atoms with Crippen LogP contribution in [0.2, 0.25) is 0 Å². The Morgan fingerprint density at radius 2 is 1.39 bits per heavy atom. The van der Waals surface area contributed by atoms with Gasteiger partial charge >= 0.3 is 0 Å². The van der Waals surface area contributed by atoms with Gasteiger partial charge in [0.1, 0.15) is 0 Å². The third kappa shape index (κ3) is 4.51. The number of halogens is 6. The molecule has 0 aliphatic rings. The lowest BCUT2D eigenvalue weighted by Crippen LogP contribution is -2.12. The molecular formula is C12H11Cl6. The van der Waals surface area contributed by atoms with Crippen molar-refractivity contribution in [3.8, 4) is 0 Å². The van der Waals surface area contributed by atoms with Gasteiger partial charge in [-0.3, -0.25) is 0 Å². The molecule has 1 aromatic carbocycles. The van der Waals surface area contributed by atoms with Crippen molar-refractivity contribution in [3.63, 3.8) is 0 Å². The lowest BCUT2D eigenvalue weighted by Gasteiger charge is -2.23. The second kappa shape index (κ2) is 6.61. The summed E-state index contributed by atoms with van der Waals surface area (Å²) in [6.45, 7) is 2.05.